The Hall–Kier alpha value is -3.18. The lowest BCUT2D eigenvalue weighted by Crippen LogP contribution is -2.34. The number of ether oxygens (including phenoxy) is 3. The maximum absolute atomic E-state index is 13.5. The number of nitrogens with one attached hydrogen (secondary N) is 1. The maximum Gasteiger partial charge on any atom is 0.418 e. The first-order valence-corrected chi connectivity index (χ1v) is 8.16. The molecule has 0 bridgehead atoms. The van der Waals surface area contributed by atoms with Crippen LogP contribution in [0, 0.1) is 0 Å². The van der Waals surface area contributed by atoms with Crippen molar-refractivity contribution in [1.82, 2.24) is 5.32 Å². The first-order chi connectivity index (χ1) is 13.2. The van der Waals surface area contributed by atoms with Crippen molar-refractivity contribution in [2.75, 3.05) is 43.2 Å². The molecule has 0 aromatic heterocycles. The number of alkyl halides is 3. The molecular formula is C16H16F3N3O6. The highest BCUT2D eigenvalue weighted by Crippen LogP contribution is 2.40. The molecule has 0 spiro atoms. The summed E-state index contributed by atoms with van der Waals surface area (Å²) < 4.78 is 54.8. The molecule has 1 aromatic carbocycles. The van der Waals surface area contributed by atoms with Crippen LogP contribution in [0.25, 0.3) is 0 Å². The van der Waals surface area contributed by atoms with Gasteiger partial charge in [0.15, 0.2) is 0 Å². The van der Waals surface area contributed by atoms with Crippen LogP contribution < -0.4 is 15.1 Å². The highest BCUT2D eigenvalue weighted by Gasteiger charge is 2.40. The first kappa shape index (κ1) is 19.6. The van der Waals surface area contributed by atoms with Gasteiger partial charge in [-0.05, 0) is 18.2 Å². The fraction of sp³-hybridized carbons (Fsp3) is 0.438. The molecule has 3 rings (SSSR count). The van der Waals surface area contributed by atoms with Crippen molar-refractivity contribution < 1.29 is 41.8 Å². The average Bonchev–Trinajstić information content (AvgIpc) is 3.23. The van der Waals surface area contributed by atoms with Gasteiger partial charge in [0, 0.05) is 5.69 Å². The molecule has 2 aliphatic heterocycles. The third-order valence-corrected chi connectivity index (χ3v) is 4.18. The number of hydrogen-bond acceptors (Lipinski definition) is 6. The van der Waals surface area contributed by atoms with Gasteiger partial charge in [-0.25, -0.2) is 14.4 Å². The number of halogens is 3. The molecule has 1 atom stereocenters. The monoisotopic (exact) mass is 403 g/mol. The maximum atomic E-state index is 13.5. The van der Waals surface area contributed by atoms with Gasteiger partial charge < -0.3 is 19.5 Å². The minimum absolute atomic E-state index is 0.00567. The van der Waals surface area contributed by atoms with E-state index in [9.17, 15) is 27.6 Å². The van der Waals surface area contributed by atoms with Crippen molar-refractivity contribution >= 4 is 29.7 Å². The summed E-state index contributed by atoms with van der Waals surface area (Å²) in [7, 11) is 1.17. The predicted molar refractivity (Wildman–Crippen MR) is 88.2 cm³/mol. The van der Waals surface area contributed by atoms with Crippen molar-refractivity contribution in [3.05, 3.63) is 23.8 Å². The molecular weight excluding hydrogens is 387 g/mol. The average molecular weight is 403 g/mol. The van der Waals surface area contributed by atoms with Gasteiger partial charge in [0.1, 0.15) is 12.7 Å². The number of alkyl carbamates (subject to hydrolysis) is 1. The molecule has 2 fully saturated rings. The van der Waals surface area contributed by atoms with E-state index in [2.05, 4.69) is 10.1 Å². The number of anilines is 2. The van der Waals surface area contributed by atoms with E-state index in [1.165, 1.54) is 13.2 Å². The highest BCUT2D eigenvalue weighted by molar-refractivity contribution is 5.93. The van der Waals surface area contributed by atoms with Gasteiger partial charge in [0.2, 0.25) is 0 Å². The minimum Gasteiger partial charge on any atom is -0.453 e. The van der Waals surface area contributed by atoms with E-state index in [0.717, 1.165) is 21.9 Å². The van der Waals surface area contributed by atoms with Crippen LogP contribution in [0.2, 0.25) is 0 Å². The summed E-state index contributed by atoms with van der Waals surface area (Å²) in [6.07, 6.45) is -7.96. The fourth-order valence-corrected chi connectivity index (χ4v) is 2.87. The van der Waals surface area contributed by atoms with Crippen LogP contribution in [0.1, 0.15) is 5.56 Å². The molecule has 2 saturated heterocycles. The van der Waals surface area contributed by atoms with E-state index in [4.69, 9.17) is 9.47 Å². The Bertz CT molecular complexity index is 800. The minimum atomic E-state index is -4.76. The van der Waals surface area contributed by atoms with Gasteiger partial charge in [-0.3, -0.25) is 9.80 Å². The standard InChI is InChI=1S/C16H16F3N3O6/c1-26-13(23)20-7-10-8-22(15(25)28-10)9-2-3-12(11(6-9)16(17,18)19)21-4-5-27-14(21)24/h2-3,6,10H,4-5,7-8H2,1H3,(H,20,23)/t10-/m0/s1. The molecule has 0 aliphatic carbocycles. The number of rotatable bonds is 4. The molecule has 3 amide bonds. The molecule has 1 N–H and O–H groups in total. The quantitative estimate of drug-likeness (QED) is 0.776. The zero-order chi connectivity index (χ0) is 20.5. The van der Waals surface area contributed by atoms with Crippen molar-refractivity contribution in [2.24, 2.45) is 0 Å². The normalized spacial score (nSPS) is 19.5. The summed E-state index contributed by atoms with van der Waals surface area (Å²) >= 11 is 0. The third-order valence-electron chi connectivity index (χ3n) is 4.18. The largest absolute Gasteiger partial charge is 0.453 e. The Morgan fingerprint density at radius 3 is 2.64 bits per heavy atom. The van der Waals surface area contributed by atoms with E-state index in [0.29, 0.717) is 0 Å². The molecule has 0 unspecified atom stereocenters. The molecule has 2 heterocycles. The molecule has 0 radical (unpaired) electrons. The lowest BCUT2D eigenvalue weighted by molar-refractivity contribution is -0.137. The summed E-state index contributed by atoms with van der Waals surface area (Å²) in [5.41, 5.74) is -1.47. The van der Waals surface area contributed by atoms with E-state index < -0.39 is 36.1 Å². The SMILES string of the molecule is COC(=O)NC[C@H]1CN(c2ccc(N3CCOC3=O)c(C(F)(F)F)c2)C(=O)O1. The number of amides is 3. The van der Waals surface area contributed by atoms with Crippen LogP contribution in [-0.2, 0) is 20.4 Å². The molecule has 12 heteroatoms. The van der Waals surface area contributed by atoms with Crippen molar-refractivity contribution in [2.45, 2.75) is 12.3 Å². The van der Waals surface area contributed by atoms with Crippen LogP contribution >= 0.6 is 0 Å². The molecule has 152 valence electrons. The van der Waals surface area contributed by atoms with Gasteiger partial charge in [0.25, 0.3) is 0 Å². The lowest BCUT2D eigenvalue weighted by Gasteiger charge is -2.22. The summed E-state index contributed by atoms with van der Waals surface area (Å²) in [6.45, 7) is -0.135. The van der Waals surface area contributed by atoms with Crippen LogP contribution in [0.3, 0.4) is 0 Å². The van der Waals surface area contributed by atoms with E-state index in [-0.39, 0.29) is 37.6 Å². The second kappa shape index (κ2) is 7.44. The number of nitrogens with zero attached hydrogens (tertiary/aromatic N) is 2. The third kappa shape index (κ3) is 3.89. The van der Waals surface area contributed by atoms with Gasteiger partial charge in [0.05, 0.1) is 38.0 Å². The second-order valence-electron chi connectivity index (χ2n) is 5.95. The Morgan fingerprint density at radius 2 is 2.04 bits per heavy atom. The Balaban J connectivity index is 1.83. The first-order valence-electron chi connectivity index (χ1n) is 8.16. The number of carbonyl (C=O) groups is 3. The number of benzene rings is 1. The summed E-state index contributed by atoms with van der Waals surface area (Å²) in [4.78, 5) is 36.7. The van der Waals surface area contributed by atoms with Crippen LogP contribution in [0.4, 0.5) is 38.9 Å². The van der Waals surface area contributed by atoms with Gasteiger partial charge >= 0.3 is 24.5 Å². The molecule has 9 nitrogen and oxygen atoms in total. The molecule has 1 aromatic rings. The van der Waals surface area contributed by atoms with Crippen LogP contribution in [-0.4, -0.2) is 57.7 Å². The Labute approximate surface area is 156 Å². The summed E-state index contributed by atoms with van der Waals surface area (Å²) in [6, 6.07) is 3.17. The van der Waals surface area contributed by atoms with E-state index >= 15 is 0 Å². The molecule has 0 saturated carbocycles. The van der Waals surface area contributed by atoms with Crippen LogP contribution in [0.15, 0.2) is 18.2 Å². The Morgan fingerprint density at radius 1 is 1.29 bits per heavy atom. The molecule has 2 aliphatic rings. The smallest absolute Gasteiger partial charge is 0.418 e. The van der Waals surface area contributed by atoms with Crippen molar-refractivity contribution in [3.8, 4) is 0 Å². The zero-order valence-corrected chi connectivity index (χ0v) is 14.6. The fourth-order valence-electron chi connectivity index (χ4n) is 2.87. The number of cyclic esters (lactones) is 2. The predicted octanol–water partition coefficient (Wildman–Crippen LogP) is 2.34. The second-order valence-corrected chi connectivity index (χ2v) is 5.95. The number of hydrogen-bond donors (Lipinski definition) is 1. The lowest BCUT2D eigenvalue weighted by atomic mass is 10.1. The summed E-state index contributed by atoms with van der Waals surface area (Å²) in [5, 5.41) is 2.35. The van der Waals surface area contributed by atoms with Gasteiger partial charge in [-0.1, -0.05) is 0 Å². The summed E-state index contributed by atoms with van der Waals surface area (Å²) in [5.74, 6) is 0. The van der Waals surface area contributed by atoms with E-state index in [1.54, 1.807) is 0 Å². The van der Waals surface area contributed by atoms with Crippen molar-refractivity contribution in [1.29, 1.82) is 0 Å². The van der Waals surface area contributed by atoms with Gasteiger partial charge in [-0.15, -0.1) is 0 Å². The number of carbonyl (C=O) groups excluding carboxylic acids is 3. The Kier molecular flexibility index (Phi) is 5.21. The zero-order valence-electron chi connectivity index (χ0n) is 14.6. The number of methoxy groups -OCH3 is 1. The van der Waals surface area contributed by atoms with E-state index in [1.807, 2.05) is 0 Å². The van der Waals surface area contributed by atoms with Gasteiger partial charge in [-0.2, -0.15) is 13.2 Å². The highest BCUT2D eigenvalue weighted by atomic mass is 19.4. The molecule has 28 heavy (non-hydrogen) atoms. The van der Waals surface area contributed by atoms with Crippen LogP contribution in [0.5, 0.6) is 0 Å². The topological polar surface area (TPSA) is 97.4 Å². The van der Waals surface area contributed by atoms with Crippen molar-refractivity contribution in [3.63, 3.8) is 0 Å².